The van der Waals surface area contributed by atoms with Gasteiger partial charge in [0.2, 0.25) is 5.91 Å². The van der Waals surface area contributed by atoms with Crippen molar-refractivity contribution in [3.05, 3.63) is 35.9 Å². The van der Waals surface area contributed by atoms with Gasteiger partial charge in [-0.25, -0.2) is 4.79 Å². The van der Waals surface area contributed by atoms with E-state index >= 15 is 0 Å². The molecule has 2 fully saturated rings. The molecule has 1 aromatic rings. The van der Waals surface area contributed by atoms with Gasteiger partial charge in [0.25, 0.3) is 0 Å². The predicted octanol–water partition coefficient (Wildman–Crippen LogP) is 2.18. The Morgan fingerprint density at radius 3 is 2.62 bits per heavy atom. The van der Waals surface area contributed by atoms with Crippen LogP contribution in [0.3, 0.4) is 0 Å². The first kappa shape index (κ1) is 16.8. The summed E-state index contributed by atoms with van der Waals surface area (Å²) in [4.78, 5) is 25.9. The molecular weight excluding hydrogens is 302 g/mol. The van der Waals surface area contributed by atoms with E-state index in [2.05, 4.69) is 34.9 Å². The number of carbonyl (C=O) groups is 2. The Morgan fingerprint density at radius 2 is 1.92 bits per heavy atom. The molecule has 5 nitrogen and oxygen atoms in total. The average molecular weight is 329 g/mol. The van der Waals surface area contributed by atoms with Crippen molar-refractivity contribution in [1.29, 1.82) is 0 Å². The first-order valence-corrected chi connectivity index (χ1v) is 9.07. The Morgan fingerprint density at radius 1 is 1.17 bits per heavy atom. The summed E-state index contributed by atoms with van der Waals surface area (Å²) in [6.45, 7) is 2.83. The van der Waals surface area contributed by atoms with Crippen LogP contribution < -0.4 is 10.6 Å². The van der Waals surface area contributed by atoms with Crippen molar-refractivity contribution in [2.24, 2.45) is 11.8 Å². The number of benzene rings is 1. The fourth-order valence-electron chi connectivity index (χ4n) is 3.64. The van der Waals surface area contributed by atoms with Gasteiger partial charge in [-0.15, -0.1) is 0 Å². The minimum Gasteiger partial charge on any atom is -0.356 e. The topological polar surface area (TPSA) is 61.4 Å². The summed E-state index contributed by atoms with van der Waals surface area (Å²) in [6.07, 6.45) is 5.05. The second-order valence-corrected chi connectivity index (χ2v) is 6.94. The first-order chi connectivity index (χ1) is 11.7. The predicted molar refractivity (Wildman–Crippen MR) is 93.6 cm³/mol. The molecule has 1 atom stereocenters. The van der Waals surface area contributed by atoms with E-state index < -0.39 is 0 Å². The van der Waals surface area contributed by atoms with Crippen LogP contribution in [0.2, 0.25) is 0 Å². The number of nitrogens with zero attached hydrogens (tertiary/aromatic N) is 1. The summed E-state index contributed by atoms with van der Waals surface area (Å²) in [5, 5.41) is 5.80. The van der Waals surface area contributed by atoms with Crippen LogP contribution in [0, 0.1) is 11.8 Å². The monoisotopic (exact) mass is 329 g/mol. The third kappa shape index (κ3) is 4.49. The quantitative estimate of drug-likeness (QED) is 0.889. The smallest absolute Gasteiger partial charge is 0.317 e. The molecule has 3 amide bonds. The van der Waals surface area contributed by atoms with E-state index in [1.54, 1.807) is 0 Å². The summed E-state index contributed by atoms with van der Waals surface area (Å²) < 4.78 is 0. The summed E-state index contributed by atoms with van der Waals surface area (Å²) in [7, 11) is 0. The third-order valence-corrected chi connectivity index (χ3v) is 5.17. The van der Waals surface area contributed by atoms with Gasteiger partial charge in [0.15, 0.2) is 0 Å². The van der Waals surface area contributed by atoms with Gasteiger partial charge < -0.3 is 15.5 Å². The molecule has 1 unspecified atom stereocenters. The van der Waals surface area contributed by atoms with Crippen LogP contribution in [0.1, 0.15) is 31.2 Å². The number of hydrogen-bond donors (Lipinski definition) is 2. The van der Waals surface area contributed by atoms with Gasteiger partial charge in [-0.2, -0.15) is 0 Å². The Bertz CT molecular complexity index is 553. The molecule has 2 aliphatic heterocycles. The molecule has 0 bridgehead atoms. The van der Waals surface area contributed by atoms with E-state index in [4.69, 9.17) is 0 Å². The lowest BCUT2D eigenvalue weighted by Crippen LogP contribution is -2.48. The minimum atomic E-state index is -0.0710. The van der Waals surface area contributed by atoms with Gasteiger partial charge in [0.05, 0.1) is 5.92 Å². The van der Waals surface area contributed by atoms with Crippen LogP contribution >= 0.6 is 0 Å². The molecule has 0 radical (unpaired) electrons. The number of carbonyl (C=O) groups excluding carboxylic acids is 2. The molecule has 2 N–H and O–H groups in total. The van der Waals surface area contributed by atoms with Crippen LogP contribution in [0.15, 0.2) is 30.3 Å². The highest BCUT2D eigenvalue weighted by atomic mass is 16.2. The number of likely N-dealkylation sites (tertiary alicyclic amines) is 1. The van der Waals surface area contributed by atoms with Gasteiger partial charge in [-0.05, 0) is 43.6 Å². The highest BCUT2D eigenvalue weighted by Crippen LogP contribution is 2.21. The van der Waals surface area contributed by atoms with Crippen molar-refractivity contribution in [3.8, 4) is 0 Å². The van der Waals surface area contributed by atoms with E-state index in [-0.39, 0.29) is 17.9 Å². The Labute approximate surface area is 143 Å². The summed E-state index contributed by atoms with van der Waals surface area (Å²) in [5.41, 5.74) is 1.38. The maximum Gasteiger partial charge on any atom is 0.317 e. The normalized spacial score (nSPS) is 22.1. The number of rotatable bonds is 4. The van der Waals surface area contributed by atoms with Crippen molar-refractivity contribution >= 4 is 11.9 Å². The van der Waals surface area contributed by atoms with Gasteiger partial charge in [0, 0.05) is 26.2 Å². The molecule has 0 saturated carbocycles. The third-order valence-electron chi connectivity index (χ3n) is 5.17. The summed E-state index contributed by atoms with van der Waals surface area (Å²) in [6, 6.07) is 10.5. The second-order valence-electron chi connectivity index (χ2n) is 6.94. The zero-order chi connectivity index (χ0) is 16.8. The number of amides is 3. The van der Waals surface area contributed by atoms with Crippen molar-refractivity contribution in [2.45, 2.75) is 32.1 Å². The molecule has 0 spiro atoms. The van der Waals surface area contributed by atoms with Crippen LogP contribution in [0.5, 0.6) is 0 Å². The fourth-order valence-corrected chi connectivity index (χ4v) is 3.64. The Balaban J connectivity index is 1.39. The Hall–Kier alpha value is -2.04. The van der Waals surface area contributed by atoms with E-state index in [1.165, 1.54) is 5.56 Å². The highest BCUT2D eigenvalue weighted by Gasteiger charge is 2.26. The van der Waals surface area contributed by atoms with Gasteiger partial charge in [-0.3, -0.25) is 4.79 Å². The summed E-state index contributed by atoms with van der Waals surface area (Å²) >= 11 is 0. The van der Waals surface area contributed by atoms with E-state index in [9.17, 15) is 9.59 Å². The standard InChI is InChI=1S/C19H27N3O2/c23-18-17(7-4-10-20-18)14-21-19(24)22-11-8-16(9-12-22)13-15-5-2-1-3-6-15/h1-3,5-6,16-17H,4,7-14H2,(H,20,23)(H,21,24). The lowest BCUT2D eigenvalue weighted by molar-refractivity contribution is -0.126. The molecule has 1 aromatic carbocycles. The maximum atomic E-state index is 12.3. The van der Waals surface area contributed by atoms with Crippen molar-refractivity contribution in [2.75, 3.05) is 26.2 Å². The molecule has 0 aromatic heterocycles. The fraction of sp³-hybridized carbons (Fsp3) is 0.579. The average Bonchev–Trinajstić information content (AvgIpc) is 2.62. The molecule has 24 heavy (non-hydrogen) atoms. The molecular formula is C19H27N3O2. The Kier molecular flexibility index (Phi) is 5.72. The summed E-state index contributed by atoms with van der Waals surface area (Å²) in [5.74, 6) is 0.655. The highest BCUT2D eigenvalue weighted by molar-refractivity contribution is 5.81. The first-order valence-electron chi connectivity index (χ1n) is 9.07. The number of nitrogens with one attached hydrogen (secondary N) is 2. The molecule has 130 valence electrons. The second kappa shape index (κ2) is 8.18. The lowest BCUT2D eigenvalue weighted by Gasteiger charge is -2.32. The van der Waals surface area contributed by atoms with E-state index in [1.807, 2.05) is 11.0 Å². The zero-order valence-corrected chi connectivity index (χ0v) is 14.2. The maximum absolute atomic E-state index is 12.3. The SMILES string of the molecule is O=C1NCCCC1CNC(=O)N1CCC(Cc2ccccc2)CC1. The van der Waals surface area contributed by atoms with Gasteiger partial charge >= 0.3 is 6.03 Å². The molecule has 2 aliphatic rings. The van der Waals surface area contributed by atoms with Crippen molar-refractivity contribution < 1.29 is 9.59 Å². The zero-order valence-electron chi connectivity index (χ0n) is 14.2. The van der Waals surface area contributed by atoms with Gasteiger partial charge in [0.1, 0.15) is 0 Å². The van der Waals surface area contributed by atoms with Crippen LogP contribution in [-0.2, 0) is 11.2 Å². The molecule has 0 aliphatic carbocycles. The molecule has 2 heterocycles. The molecule has 2 saturated heterocycles. The minimum absolute atomic E-state index is 0.0217. The van der Waals surface area contributed by atoms with Crippen molar-refractivity contribution in [1.82, 2.24) is 15.5 Å². The molecule has 5 heteroatoms. The van der Waals surface area contributed by atoms with Crippen molar-refractivity contribution in [3.63, 3.8) is 0 Å². The number of urea groups is 1. The van der Waals surface area contributed by atoms with E-state index in [0.717, 1.165) is 51.7 Å². The largest absolute Gasteiger partial charge is 0.356 e. The van der Waals surface area contributed by atoms with Gasteiger partial charge in [-0.1, -0.05) is 30.3 Å². The number of hydrogen-bond acceptors (Lipinski definition) is 2. The molecule has 3 rings (SSSR count). The number of piperidine rings is 2. The van der Waals surface area contributed by atoms with Crippen LogP contribution in [0.4, 0.5) is 4.79 Å². The lowest BCUT2D eigenvalue weighted by atomic mass is 9.90. The van der Waals surface area contributed by atoms with E-state index in [0.29, 0.717) is 12.5 Å². The van der Waals surface area contributed by atoms with Crippen LogP contribution in [-0.4, -0.2) is 43.0 Å². The van der Waals surface area contributed by atoms with Crippen LogP contribution in [0.25, 0.3) is 0 Å².